The molecule has 0 aliphatic heterocycles. The summed E-state index contributed by atoms with van der Waals surface area (Å²) in [6.07, 6.45) is 0. The Hall–Kier alpha value is 0.880. The summed E-state index contributed by atoms with van der Waals surface area (Å²) in [6.45, 7) is 0. The lowest BCUT2D eigenvalue weighted by atomic mass is 10.4. The number of halogens is 6. The number of rotatable bonds is 2. The van der Waals surface area contributed by atoms with Gasteiger partial charge in [0, 0.05) is 19.8 Å². The molecule has 0 aliphatic rings. The molecule has 0 bridgehead atoms. The van der Waals surface area contributed by atoms with Crippen LogP contribution in [-0.4, -0.2) is 4.17 Å². The largest absolute Gasteiger partial charge is 0.157 e. The molecule has 8 heteroatoms. The smallest absolute Gasteiger partial charge is 0.142 e. The first-order valence-electron chi connectivity index (χ1n) is 5.33. The van der Waals surface area contributed by atoms with E-state index in [-0.39, 0.29) is 0 Å². The van der Waals surface area contributed by atoms with E-state index in [0.29, 0.717) is 20.1 Å². The van der Waals surface area contributed by atoms with E-state index in [1.54, 1.807) is 36.4 Å². The minimum absolute atomic E-state index is 0.510. The van der Waals surface area contributed by atoms with Crippen LogP contribution in [0.25, 0.3) is 0 Å². The lowest BCUT2D eigenvalue weighted by molar-refractivity contribution is 1.46. The minimum atomic E-state index is -0.510. The maximum absolute atomic E-state index is 5.85. The van der Waals surface area contributed by atoms with Gasteiger partial charge < -0.3 is 0 Å². The van der Waals surface area contributed by atoms with Gasteiger partial charge in [-0.1, -0.05) is 81.4 Å². The molecule has 0 fully saturated rings. The van der Waals surface area contributed by atoms with Crippen LogP contribution in [0.1, 0.15) is 0 Å². The van der Waals surface area contributed by atoms with E-state index in [0.717, 1.165) is 9.79 Å². The van der Waals surface area contributed by atoms with Crippen molar-refractivity contribution in [2.24, 2.45) is 0 Å². The van der Waals surface area contributed by atoms with Crippen molar-refractivity contribution in [3.63, 3.8) is 0 Å². The summed E-state index contributed by atoms with van der Waals surface area (Å²) in [5.74, 6) is 0. The number of alkyl halides is 2. The molecule has 2 rings (SSSR count). The summed E-state index contributed by atoms with van der Waals surface area (Å²) in [6, 6.07) is 10.3. The number of benzene rings is 2. The van der Waals surface area contributed by atoms with Gasteiger partial charge in [0.1, 0.15) is 0 Å². The molecule has 0 unspecified atom stereocenters. The lowest BCUT2D eigenvalue weighted by Crippen LogP contribution is -1.79. The van der Waals surface area contributed by atoms with Crippen LogP contribution in [0.4, 0.5) is 0 Å². The average Bonchev–Trinajstić information content (AvgIpc) is 2.38. The molecule has 21 heavy (non-hydrogen) atoms. The van der Waals surface area contributed by atoms with Gasteiger partial charge in [0.25, 0.3) is 0 Å². The molecule has 0 spiro atoms. The van der Waals surface area contributed by atoms with Gasteiger partial charge >= 0.3 is 0 Å². The molecule has 0 amide bonds. The number of thioether (sulfide) groups is 1. The molecular weight excluding hydrogens is 433 g/mol. The van der Waals surface area contributed by atoms with Crippen LogP contribution in [0.2, 0.25) is 20.1 Å². The zero-order chi connectivity index (χ0) is 16.0. The molecule has 0 aromatic heterocycles. The van der Waals surface area contributed by atoms with E-state index in [1.807, 2.05) is 0 Å². The fourth-order valence-corrected chi connectivity index (χ4v) is 3.32. The minimum Gasteiger partial charge on any atom is -0.142 e. The summed E-state index contributed by atoms with van der Waals surface area (Å²) in [5.41, 5.74) is 0. The van der Waals surface area contributed by atoms with Crippen molar-refractivity contribution >= 4 is 94.0 Å². The SMILES string of the molecule is Clc1ccc(SC(Cl)Cl)c(Cl)c1.Sc1ccc(Cl)cc1Cl. The molecule has 0 saturated carbocycles. The first kappa shape index (κ1) is 19.9. The van der Waals surface area contributed by atoms with E-state index in [4.69, 9.17) is 69.6 Å². The maximum atomic E-state index is 5.85. The highest BCUT2D eigenvalue weighted by Crippen LogP contribution is 2.35. The molecule has 2 aromatic rings. The highest BCUT2D eigenvalue weighted by Gasteiger charge is 2.06. The van der Waals surface area contributed by atoms with Gasteiger partial charge in [-0.05, 0) is 36.4 Å². The lowest BCUT2D eigenvalue weighted by Gasteiger charge is -2.03. The van der Waals surface area contributed by atoms with Gasteiger partial charge in [0.2, 0.25) is 0 Å². The molecule has 2 aromatic carbocycles. The van der Waals surface area contributed by atoms with Crippen molar-refractivity contribution in [1.82, 2.24) is 0 Å². The van der Waals surface area contributed by atoms with Crippen molar-refractivity contribution in [3.05, 3.63) is 56.5 Å². The average molecular weight is 441 g/mol. The molecule has 0 saturated heterocycles. The Labute approximate surface area is 163 Å². The summed E-state index contributed by atoms with van der Waals surface area (Å²) in [5, 5.41) is 2.40. The van der Waals surface area contributed by atoms with E-state index in [2.05, 4.69) is 12.6 Å². The third kappa shape index (κ3) is 7.81. The van der Waals surface area contributed by atoms with Crippen molar-refractivity contribution in [2.45, 2.75) is 14.0 Å². The number of hydrogen-bond acceptors (Lipinski definition) is 2. The van der Waals surface area contributed by atoms with Gasteiger partial charge in [0.15, 0.2) is 4.17 Å². The third-order valence-electron chi connectivity index (χ3n) is 2.02. The second kappa shape index (κ2) is 9.89. The normalized spacial score (nSPS) is 10.3. The van der Waals surface area contributed by atoms with Crippen LogP contribution in [0.5, 0.6) is 0 Å². The standard InChI is InChI=1S/C7H4Cl4S.C6H4Cl2S/c8-4-1-2-6(5(9)3-4)12-7(10)11;7-4-1-2-6(9)5(8)3-4/h1-3,7H;1-3,9H. The molecule has 114 valence electrons. The van der Waals surface area contributed by atoms with Gasteiger partial charge in [0.05, 0.1) is 10.0 Å². The van der Waals surface area contributed by atoms with Gasteiger partial charge in [-0.25, -0.2) is 0 Å². The zero-order valence-electron chi connectivity index (χ0n) is 10.2. The fraction of sp³-hybridized carbons (Fsp3) is 0.0769. The molecule has 0 aliphatic carbocycles. The summed E-state index contributed by atoms with van der Waals surface area (Å²) < 4.78 is -0.510. The molecule has 0 atom stereocenters. The van der Waals surface area contributed by atoms with Gasteiger partial charge in [-0.15, -0.1) is 12.6 Å². The van der Waals surface area contributed by atoms with E-state index in [9.17, 15) is 0 Å². The molecule has 0 nitrogen and oxygen atoms in total. The quantitative estimate of drug-likeness (QED) is 0.279. The maximum Gasteiger partial charge on any atom is 0.157 e. The number of thiol groups is 1. The van der Waals surface area contributed by atoms with Gasteiger partial charge in [-0.2, -0.15) is 0 Å². The van der Waals surface area contributed by atoms with Crippen LogP contribution >= 0.6 is 94.0 Å². The predicted octanol–water partition coefficient (Wildman–Crippen LogP) is 8.13. The monoisotopic (exact) mass is 438 g/mol. The van der Waals surface area contributed by atoms with Crippen LogP contribution in [-0.2, 0) is 0 Å². The second-order valence-corrected chi connectivity index (χ2v) is 8.48. The molecule has 0 heterocycles. The number of hydrogen-bond donors (Lipinski definition) is 1. The van der Waals surface area contributed by atoms with Crippen LogP contribution in [0, 0.1) is 0 Å². The van der Waals surface area contributed by atoms with Crippen molar-refractivity contribution in [1.29, 1.82) is 0 Å². The Morgan fingerprint density at radius 3 is 1.76 bits per heavy atom. The fourth-order valence-electron chi connectivity index (χ4n) is 1.15. The summed E-state index contributed by atoms with van der Waals surface area (Å²) in [4.78, 5) is 1.58. The van der Waals surface area contributed by atoms with Crippen LogP contribution in [0.15, 0.2) is 46.2 Å². The van der Waals surface area contributed by atoms with Crippen molar-refractivity contribution in [2.75, 3.05) is 0 Å². The summed E-state index contributed by atoms with van der Waals surface area (Å²) in [7, 11) is 0. The summed E-state index contributed by atoms with van der Waals surface area (Å²) >= 11 is 39.2. The predicted molar refractivity (Wildman–Crippen MR) is 102 cm³/mol. The van der Waals surface area contributed by atoms with E-state index >= 15 is 0 Å². The highest BCUT2D eigenvalue weighted by atomic mass is 35.5. The first-order chi connectivity index (χ1) is 9.79. The Bertz CT molecular complexity index is 603. The van der Waals surface area contributed by atoms with E-state index < -0.39 is 4.17 Å². The first-order valence-corrected chi connectivity index (χ1v) is 9.04. The Morgan fingerprint density at radius 1 is 0.810 bits per heavy atom. The molecule has 0 radical (unpaired) electrons. The highest BCUT2D eigenvalue weighted by molar-refractivity contribution is 8.02. The van der Waals surface area contributed by atoms with Gasteiger partial charge in [-0.3, -0.25) is 0 Å². The van der Waals surface area contributed by atoms with Crippen LogP contribution in [0.3, 0.4) is 0 Å². The Morgan fingerprint density at radius 2 is 1.33 bits per heavy atom. The zero-order valence-corrected chi connectivity index (χ0v) is 16.4. The van der Waals surface area contributed by atoms with Crippen molar-refractivity contribution < 1.29 is 0 Å². The third-order valence-corrected chi connectivity index (χ3v) is 5.07. The molecular formula is C13H8Cl6S2. The molecule has 0 N–H and O–H groups in total. The topological polar surface area (TPSA) is 0 Å². The van der Waals surface area contributed by atoms with Crippen LogP contribution < -0.4 is 0 Å². The Balaban J connectivity index is 0.000000219. The Kier molecular flexibility index (Phi) is 9.39. The van der Waals surface area contributed by atoms with Crippen molar-refractivity contribution in [3.8, 4) is 0 Å². The van der Waals surface area contributed by atoms with E-state index in [1.165, 1.54) is 11.8 Å². The second-order valence-electron chi connectivity index (χ2n) is 3.55.